The molecule has 3 aromatic carbocycles. The lowest BCUT2D eigenvalue weighted by molar-refractivity contribution is -0.139. The number of carbonyl (C=O) groups is 2. The van der Waals surface area contributed by atoms with Crippen molar-refractivity contribution in [3.8, 4) is 11.5 Å². The number of benzene rings is 3. The highest BCUT2D eigenvalue weighted by Crippen LogP contribution is 2.34. The Morgan fingerprint density at radius 1 is 0.889 bits per heavy atom. The molecule has 36 heavy (non-hydrogen) atoms. The number of ketones is 1. The molecule has 182 valence electrons. The number of nitrogens with zero attached hydrogens (tertiary/aromatic N) is 3. The molecule has 1 aromatic heterocycles. The molecular weight excluding hydrogens is 458 g/mol. The van der Waals surface area contributed by atoms with E-state index in [1.165, 1.54) is 9.47 Å². The van der Waals surface area contributed by atoms with E-state index in [-0.39, 0.29) is 29.6 Å². The van der Waals surface area contributed by atoms with Gasteiger partial charge >= 0.3 is 0 Å². The van der Waals surface area contributed by atoms with E-state index in [0.717, 1.165) is 5.56 Å². The van der Waals surface area contributed by atoms with Gasteiger partial charge in [0.2, 0.25) is 5.91 Å². The molecule has 0 N–H and O–H groups in total. The van der Waals surface area contributed by atoms with Crippen LogP contribution in [0.2, 0.25) is 0 Å². The molecule has 0 fully saturated rings. The summed E-state index contributed by atoms with van der Waals surface area (Å²) in [6, 6.07) is 19.0. The summed E-state index contributed by atoms with van der Waals surface area (Å²) in [5.74, 6) is 0.885. The van der Waals surface area contributed by atoms with Crippen LogP contribution >= 0.6 is 0 Å². The average molecular weight is 484 g/mol. The maximum absolute atomic E-state index is 14.0. The van der Waals surface area contributed by atoms with Gasteiger partial charge in [-0.25, -0.2) is 4.98 Å². The van der Waals surface area contributed by atoms with Gasteiger partial charge in [-0.15, -0.1) is 0 Å². The third kappa shape index (κ3) is 3.90. The van der Waals surface area contributed by atoms with Crippen molar-refractivity contribution in [3.63, 3.8) is 0 Å². The largest absolute Gasteiger partial charge is 0.497 e. The van der Waals surface area contributed by atoms with Crippen LogP contribution in [0.3, 0.4) is 0 Å². The first kappa shape index (κ1) is 23.3. The molecule has 0 unspecified atom stereocenters. The number of fused-ring (bicyclic) bond motifs is 2. The van der Waals surface area contributed by atoms with Gasteiger partial charge in [0, 0.05) is 12.1 Å². The van der Waals surface area contributed by atoms with Gasteiger partial charge in [-0.2, -0.15) is 0 Å². The van der Waals surface area contributed by atoms with E-state index < -0.39 is 12.1 Å². The molecule has 8 heteroatoms. The SMILES string of the molecule is COc1ccc(CN2C(=O)[C@H](C)n3c(nc4ccccc4c3=O)[C@@H]2C(=O)c2ccc(OC)cc2)cc1. The van der Waals surface area contributed by atoms with Gasteiger partial charge in [0.15, 0.2) is 11.8 Å². The van der Waals surface area contributed by atoms with E-state index in [4.69, 9.17) is 14.5 Å². The average Bonchev–Trinajstić information content (AvgIpc) is 2.92. The van der Waals surface area contributed by atoms with E-state index in [1.807, 2.05) is 12.1 Å². The lowest BCUT2D eigenvalue weighted by Gasteiger charge is -2.39. The Morgan fingerprint density at radius 2 is 1.50 bits per heavy atom. The van der Waals surface area contributed by atoms with Crippen molar-refractivity contribution in [1.29, 1.82) is 0 Å². The van der Waals surface area contributed by atoms with E-state index in [0.29, 0.717) is 28.0 Å². The van der Waals surface area contributed by atoms with Crippen molar-refractivity contribution >= 4 is 22.6 Å². The summed E-state index contributed by atoms with van der Waals surface area (Å²) in [7, 11) is 3.13. The molecular formula is C28H25N3O5. The van der Waals surface area contributed by atoms with Crippen LogP contribution in [0.15, 0.2) is 77.6 Å². The molecule has 0 saturated carbocycles. The zero-order chi connectivity index (χ0) is 25.4. The molecule has 0 bridgehead atoms. The van der Waals surface area contributed by atoms with Crippen LogP contribution in [-0.4, -0.2) is 40.4 Å². The third-order valence-electron chi connectivity index (χ3n) is 6.55. The summed E-state index contributed by atoms with van der Waals surface area (Å²) in [6.45, 7) is 1.83. The number of carbonyl (C=O) groups excluding carboxylic acids is 2. The lowest BCUT2D eigenvalue weighted by Crippen LogP contribution is -2.51. The first-order valence-electron chi connectivity index (χ1n) is 11.6. The minimum Gasteiger partial charge on any atom is -0.497 e. The van der Waals surface area contributed by atoms with Gasteiger partial charge in [0.25, 0.3) is 5.56 Å². The zero-order valence-corrected chi connectivity index (χ0v) is 20.2. The molecule has 0 aliphatic carbocycles. The standard InChI is InChI=1S/C28H25N3O5/c1-17-27(33)30(16-18-8-12-20(35-2)13-9-18)24(25(32)19-10-14-21(36-3)15-11-19)26-29-23-7-5-4-6-22(23)28(34)31(17)26/h4-15,17,24H,16H2,1-3H3/t17-,24-/m0/s1. The Bertz CT molecular complexity index is 1510. The van der Waals surface area contributed by atoms with Crippen molar-refractivity contribution in [2.24, 2.45) is 0 Å². The summed E-state index contributed by atoms with van der Waals surface area (Å²) in [6.07, 6.45) is 0. The predicted molar refractivity (Wildman–Crippen MR) is 134 cm³/mol. The lowest BCUT2D eigenvalue weighted by atomic mass is 9.97. The number of para-hydroxylation sites is 1. The highest BCUT2D eigenvalue weighted by Gasteiger charge is 2.43. The summed E-state index contributed by atoms with van der Waals surface area (Å²) in [5, 5.41) is 0.403. The molecule has 2 atom stereocenters. The molecule has 0 saturated heterocycles. The van der Waals surface area contributed by atoms with Crippen molar-refractivity contribution in [1.82, 2.24) is 14.5 Å². The number of Topliss-reactive ketones (excluding diaryl/α,β-unsaturated/α-hetero) is 1. The maximum Gasteiger partial charge on any atom is 0.262 e. The number of hydrogen-bond donors (Lipinski definition) is 0. The molecule has 0 spiro atoms. The quantitative estimate of drug-likeness (QED) is 0.386. The number of ether oxygens (including phenoxy) is 2. The van der Waals surface area contributed by atoms with Crippen molar-refractivity contribution < 1.29 is 19.1 Å². The minimum absolute atomic E-state index is 0.169. The van der Waals surface area contributed by atoms with Crippen molar-refractivity contribution in [3.05, 3.63) is 100 Å². The van der Waals surface area contributed by atoms with Gasteiger partial charge in [-0.3, -0.25) is 19.0 Å². The molecule has 1 amide bonds. The molecule has 0 radical (unpaired) electrons. The number of aromatic nitrogens is 2. The second-order valence-corrected chi connectivity index (χ2v) is 8.65. The predicted octanol–water partition coefficient (Wildman–Crippen LogP) is 3.94. The molecule has 1 aliphatic heterocycles. The first-order valence-corrected chi connectivity index (χ1v) is 11.6. The summed E-state index contributed by atoms with van der Waals surface area (Å²) in [5.41, 5.74) is 1.35. The highest BCUT2D eigenvalue weighted by atomic mass is 16.5. The number of methoxy groups -OCH3 is 2. The molecule has 5 rings (SSSR count). The van der Waals surface area contributed by atoms with Gasteiger partial charge in [0.05, 0.1) is 25.1 Å². The maximum atomic E-state index is 14.0. The van der Waals surface area contributed by atoms with E-state index in [2.05, 4.69) is 0 Å². The number of amides is 1. The van der Waals surface area contributed by atoms with E-state index >= 15 is 0 Å². The third-order valence-corrected chi connectivity index (χ3v) is 6.55. The van der Waals surface area contributed by atoms with Crippen LogP contribution in [-0.2, 0) is 11.3 Å². The Kier molecular flexibility index (Phi) is 6.01. The second kappa shape index (κ2) is 9.30. The fourth-order valence-corrected chi connectivity index (χ4v) is 4.62. The monoisotopic (exact) mass is 483 g/mol. The van der Waals surface area contributed by atoms with Crippen LogP contribution in [0, 0.1) is 0 Å². The topological polar surface area (TPSA) is 90.7 Å². The van der Waals surface area contributed by atoms with Crippen molar-refractivity contribution in [2.45, 2.75) is 25.6 Å². The highest BCUT2D eigenvalue weighted by molar-refractivity contribution is 6.03. The van der Waals surface area contributed by atoms with Crippen LogP contribution < -0.4 is 15.0 Å². The van der Waals surface area contributed by atoms with Gasteiger partial charge < -0.3 is 14.4 Å². The Morgan fingerprint density at radius 3 is 2.14 bits per heavy atom. The molecule has 2 heterocycles. The van der Waals surface area contributed by atoms with Gasteiger partial charge in [0.1, 0.15) is 23.4 Å². The van der Waals surface area contributed by atoms with E-state index in [1.54, 1.807) is 81.8 Å². The number of rotatable bonds is 6. The van der Waals surface area contributed by atoms with Crippen LogP contribution in [0.5, 0.6) is 11.5 Å². The molecule has 8 nitrogen and oxygen atoms in total. The van der Waals surface area contributed by atoms with Gasteiger partial charge in [-0.1, -0.05) is 24.3 Å². The second-order valence-electron chi connectivity index (χ2n) is 8.65. The van der Waals surface area contributed by atoms with Crippen molar-refractivity contribution in [2.75, 3.05) is 14.2 Å². The Labute approximate surface area is 207 Å². The van der Waals surface area contributed by atoms with Crippen LogP contribution in [0.4, 0.5) is 0 Å². The van der Waals surface area contributed by atoms with Crippen LogP contribution in [0.1, 0.15) is 40.8 Å². The molecule has 4 aromatic rings. The summed E-state index contributed by atoms with van der Waals surface area (Å²) < 4.78 is 11.8. The number of hydrogen-bond acceptors (Lipinski definition) is 6. The normalized spacial score (nSPS) is 17.1. The van der Waals surface area contributed by atoms with E-state index in [9.17, 15) is 14.4 Å². The summed E-state index contributed by atoms with van der Waals surface area (Å²) in [4.78, 5) is 47.4. The smallest absolute Gasteiger partial charge is 0.262 e. The zero-order valence-electron chi connectivity index (χ0n) is 20.2. The van der Waals surface area contributed by atoms with Crippen LogP contribution in [0.25, 0.3) is 10.9 Å². The fraction of sp³-hybridized carbons (Fsp3) is 0.214. The molecule has 1 aliphatic rings. The Balaban J connectivity index is 1.68. The summed E-state index contributed by atoms with van der Waals surface area (Å²) >= 11 is 0. The first-order chi connectivity index (χ1) is 17.4. The Hall–Kier alpha value is -4.46. The fourth-order valence-electron chi connectivity index (χ4n) is 4.62. The van der Waals surface area contributed by atoms with Gasteiger partial charge in [-0.05, 0) is 61.0 Å². The minimum atomic E-state index is -1.08.